The Morgan fingerprint density at radius 2 is 2.24 bits per heavy atom. The van der Waals surface area contributed by atoms with Gasteiger partial charge in [0.2, 0.25) is 0 Å². The number of halogens is 1. The largest absolute Gasteiger partial charge is 0.384 e. The average molecular weight is 312 g/mol. The number of carbonyl (C=O) groups excluding carboxylic acids is 1. The van der Waals surface area contributed by atoms with E-state index >= 15 is 0 Å². The van der Waals surface area contributed by atoms with E-state index in [4.69, 9.17) is 26.2 Å². The number of benzene rings is 1. The third-order valence-corrected chi connectivity index (χ3v) is 3.02. The molecule has 1 aromatic carbocycles. The first-order chi connectivity index (χ1) is 10.1. The summed E-state index contributed by atoms with van der Waals surface area (Å²) < 4.78 is 10.1. The SMILES string of the molecule is COCC(CNC(=O)c1ccc(C#CCO)c(Cl)c1)OC. The zero-order valence-corrected chi connectivity index (χ0v) is 12.7. The minimum atomic E-state index is -0.253. The van der Waals surface area contributed by atoms with Crippen LogP contribution in [0.2, 0.25) is 5.02 Å². The van der Waals surface area contributed by atoms with Crippen molar-refractivity contribution in [3.8, 4) is 11.8 Å². The molecule has 6 heteroatoms. The minimum Gasteiger partial charge on any atom is -0.384 e. The number of nitrogens with one attached hydrogen (secondary N) is 1. The first kappa shape index (κ1) is 17.5. The fraction of sp³-hybridized carbons (Fsp3) is 0.400. The summed E-state index contributed by atoms with van der Waals surface area (Å²) in [5.41, 5.74) is 0.998. The highest BCUT2D eigenvalue weighted by Gasteiger charge is 2.11. The Hall–Kier alpha value is -1.58. The first-order valence-electron chi connectivity index (χ1n) is 6.31. The van der Waals surface area contributed by atoms with Gasteiger partial charge in [-0.05, 0) is 18.2 Å². The fourth-order valence-corrected chi connectivity index (χ4v) is 1.83. The van der Waals surface area contributed by atoms with Crippen LogP contribution in [0.25, 0.3) is 0 Å². The van der Waals surface area contributed by atoms with E-state index in [1.807, 2.05) is 0 Å². The van der Waals surface area contributed by atoms with Gasteiger partial charge in [-0.25, -0.2) is 0 Å². The van der Waals surface area contributed by atoms with Crippen LogP contribution in [0.5, 0.6) is 0 Å². The molecule has 0 saturated carbocycles. The maximum atomic E-state index is 12.0. The molecule has 0 aliphatic carbocycles. The lowest BCUT2D eigenvalue weighted by Gasteiger charge is -2.15. The molecule has 21 heavy (non-hydrogen) atoms. The van der Waals surface area contributed by atoms with Gasteiger partial charge in [-0.3, -0.25) is 4.79 Å². The van der Waals surface area contributed by atoms with E-state index in [2.05, 4.69) is 17.2 Å². The molecule has 1 rings (SSSR count). The van der Waals surface area contributed by atoms with E-state index in [0.29, 0.717) is 29.3 Å². The third kappa shape index (κ3) is 5.74. The zero-order chi connectivity index (χ0) is 15.7. The lowest BCUT2D eigenvalue weighted by Crippen LogP contribution is -2.35. The molecule has 1 unspecified atom stereocenters. The highest BCUT2D eigenvalue weighted by molar-refractivity contribution is 6.32. The molecule has 0 fully saturated rings. The molecule has 1 aromatic rings. The van der Waals surface area contributed by atoms with Crippen LogP contribution in [0.4, 0.5) is 0 Å². The number of ether oxygens (including phenoxy) is 2. The molecule has 0 spiro atoms. The van der Waals surface area contributed by atoms with Crippen LogP contribution in [0.3, 0.4) is 0 Å². The molecule has 1 atom stereocenters. The fourth-order valence-electron chi connectivity index (χ4n) is 1.60. The predicted molar refractivity (Wildman–Crippen MR) is 80.4 cm³/mol. The molecular formula is C15H18ClNO4. The number of amides is 1. The summed E-state index contributed by atoms with van der Waals surface area (Å²) in [5, 5.41) is 11.8. The average Bonchev–Trinajstić information content (AvgIpc) is 2.49. The van der Waals surface area contributed by atoms with Gasteiger partial charge in [0.1, 0.15) is 6.61 Å². The first-order valence-corrected chi connectivity index (χ1v) is 6.69. The molecule has 0 radical (unpaired) electrons. The van der Waals surface area contributed by atoms with Crippen molar-refractivity contribution in [2.45, 2.75) is 6.10 Å². The van der Waals surface area contributed by atoms with E-state index in [0.717, 1.165) is 0 Å². The van der Waals surface area contributed by atoms with Crippen LogP contribution < -0.4 is 5.32 Å². The molecule has 114 valence electrons. The standard InChI is InChI=1S/C15H18ClNO4/c1-20-10-13(21-2)9-17-15(19)12-6-5-11(4-3-7-18)14(16)8-12/h5-6,8,13,18H,7,9-10H2,1-2H3,(H,17,19). The molecule has 5 nitrogen and oxygen atoms in total. The third-order valence-electron chi connectivity index (χ3n) is 2.71. The van der Waals surface area contributed by atoms with Crippen molar-refractivity contribution in [1.82, 2.24) is 5.32 Å². The van der Waals surface area contributed by atoms with Crippen molar-refractivity contribution in [3.63, 3.8) is 0 Å². The smallest absolute Gasteiger partial charge is 0.251 e. The van der Waals surface area contributed by atoms with Crippen molar-refractivity contribution < 1.29 is 19.4 Å². The van der Waals surface area contributed by atoms with E-state index in [9.17, 15) is 4.79 Å². The quantitative estimate of drug-likeness (QED) is 0.771. The number of methoxy groups -OCH3 is 2. The number of rotatable bonds is 6. The molecule has 0 aromatic heterocycles. The van der Waals surface area contributed by atoms with Crippen LogP contribution >= 0.6 is 11.6 Å². The summed E-state index contributed by atoms with van der Waals surface area (Å²) in [7, 11) is 3.13. The molecule has 0 heterocycles. The zero-order valence-electron chi connectivity index (χ0n) is 12.0. The van der Waals surface area contributed by atoms with Gasteiger partial charge in [0.05, 0.1) is 17.7 Å². The van der Waals surface area contributed by atoms with Gasteiger partial charge >= 0.3 is 0 Å². The number of hydrogen-bond donors (Lipinski definition) is 2. The Morgan fingerprint density at radius 3 is 2.81 bits per heavy atom. The summed E-state index contributed by atoms with van der Waals surface area (Å²) in [4.78, 5) is 12.0. The molecule has 0 aliphatic rings. The summed E-state index contributed by atoms with van der Waals surface area (Å²) >= 11 is 6.04. The van der Waals surface area contributed by atoms with E-state index in [1.54, 1.807) is 26.4 Å². The van der Waals surface area contributed by atoms with Gasteiger partial charge in [0, 0.05) is 31.9 Å². The van der Waals surface area contributed by atoms with E-state index in [-0.39, 0.29) is 18.6 Å². The summed E-state index contributed by atoms with van der Waals surface area (Å²) in [5.74, 6) is 4.96. The van der Waals surface area contributed by atoms with Crippen LogP contribution in [0, 0.1) is 11.8 Å². The van der Waals surface area contributed by atoms with Gasteiger partial charge in [-0.2, -0.15) is 0 Å². The van der Waals surface area contributed by atoms with Crippen molar-refractivity contribution in [3.05, 3.63) is 34.3 Å². The predicted octanol–water partition coefficient (Wildman–Crippen LogP) is 1.08. The number of hydrogen-bond acceptors (Lipinski definition) is 4. The molecule has 0 bridgehead atoms. The Morgan fingerprint density at radius 1 is 1.48 bits per heavy atom. The number of aliphatic hydroxyl groups excluding tert-OH is 1. The van der Waals surface area contributed by atoms with Crippen molar-refractivity contribution in [2.24, 2.45) is 0 Å². The lowest BCUT2D eigenvalue weighted by molar-refractivity contribution is 0.0285. The monoisotopic (exact) mass is 311 g/mol. The Bertz CT molecular complexity index is 536. The van der Waals surface area contributed by atoms with Gasteiger partial charge in [0.25, 0.3) is 5.91 Å². The lowest BCUT2D eigenvalue weighted by atomic mass is 10.1. The number of carbonyl (C=O) groups is 1. The maximum Gasteiger partial charge on any atom is 0.251 e. The highest BCUT2D eigenvalue weighted by atomic mass is 35.5. The number of aliphatic hydroxyl groups is 1. The maximum absolute atomic E-state index is 12.0. The topological polar surface area (TPSA) is 67.8 Å². The minimum absolute atomic E-state index is 0.205. The van der Waals surface area contributed by atoms with Crippen LogP contribution in [-0.2, 0) is 9.47 Å². The van der Waals surface area contributed by atoms with Crippen molar-refractivity contribution >= 4 is 17.5 Å². The highest BCUT2D eigenvalue weighted by Crippen LogP contribution is 2.17. The molecular weight excluding hydrogens is 294 g/mol. The Balaban J connectivity index is 2.68. The Kier molecular flexibility index (Phi) is 7.80. The molecule has 1 amide bonds. The second kappa shape index (κ2) is 9.37. The van der Waals surface area contributed by atoms with Gasteiger partial charge in [-0.15, -0.1) is 0 Å². The van der Waals surface area contributed by atoms with Gasteiger partial charge < -0.3 is 19.9 Å². The van der Waals surface area contributed by atoms with E-state index in [1.165, 1.54) is 6.07 Å². The van der Waals surface area contributed by atoms with Crippen molar-refractivity contribution in [2.75, 3.05) is 34.0 Å². The van der Waals surface area contributed by atoms with Crippen molar-refractivity contribution in [1.29, 1.82) is 0 Å². The Labute approximate surface area is 129 Å². The van der Waals surface area contributed by atoms with Gasteiger partial charge in [0.15, 0.2) is 0 Å². The van der Waals surface area contributed by atoms with Crippen LogP contribution in [0.15, 0.2) is 18.2 Å². The summed E-state index contributed by atoms with van der Waals surface area (Å²) in [6.07, 6.45) is -0.205. The summed E-state index contributed by atoms with van der Waals surface area (Å²) in [6.45, 7) is 0.497. The second-order valence-electron chi connectivity index (χ2n) is 4.18. The second-order valence-corrected chi connectivity index (χ2v) is 4.58. The van der Waals surface area contributed by atoms with Crippen LogP contribution in [-0.4, -0.2) is 51.1 Å². The molecule has 0 aliphatic heterocycles. The van der Waals surface area contributed by atoms with Crippen LogP contribution in [0.1, 0.15) is 15.9 Å². The molecule has 2 N–H and O–H groups in total. The van der Waals surface area contributed by atoms with E-state index < -0.39 is 0 Å². The normalized spacial score (nSPS) is 11.4. The molecule has 0 saturated heterocycles. The van der Waals surface area contributed by atoms with Gasteiger partial charge in [-0.1, -0.05) is 23.4 Å². The summed E-state index contributed by atoms with van der Waals surface area (Å²) in [6, 6.07) is 4.81.